The second-order valence-corrected chi connectivity index (χ2v) is 4.65. The van der Waals surface area contributed by atoms with E-state index in [0.29, 0.717) is 16.7 Å². The molecule has 23 heavy (non-hydrogen) atoms. The summed E-state index contributed by atoms with van der Waals surface area (Å²) in [6.45, 7) is 5.79. The minimum absolute atomic E-state index is 0.0574. The van der Waals surface area contributed by atoms with Crippen LogP contribution in [-0.2, 0) is 0 Å². The van der Waals surface area contributed by atoms with Gasteiger partial charge in [0.15, 0.2) is 0 Å². The predicted octanol–water partition coefficient (Wildman–Crippen LogP) is 4.14. The highest BCUT2D eigenvalue weighted by Gasteiger charge is 2.19. The summed E-state index contributed by atoms with van der Waals surface area (Å²) in [7, 11) is 0. The van der Waals surface area contributed by atoms with Gasteiger partial charge in [-0.15, -0.1) is 0 Å². The number of benzene rings is 1. The highest BCUT2D eigenvalue weighted by Crippen LogP contribution is 2.33. The minimum atomic E-state index is -0.735. The van der Waals surface area contributed by atoms with Crippen molar-refractivity contribution < 1.29 is 13.6 Å². The Morgan fingerprint density at radius 2 is 2.04 bits per heavy atom. The third-order valence-electron chi connectivity index (χ3n) is 3.10. The molecule has 6 heteroatoms. The van der Waals surface area contributed by atoms with Crippen LogP contribution in [0.25, 0.3) is 11.0 Å². The molecule has 120 valence electrons. The van der Waals surface area contributed by atoms with Crippen LogP contribution in [0.2, 0.25) is 0 Å². The number of hydrogen-bond acceptors (Lipinski definition) is 4. The van der Waals surface area contributed by atoms with Gasteiger partial charge in [0, 0.05) is 12.4 Å². The van der Waals surface area contributed by atoms with Crippen molar-refractivity contribution in [1.29, 1.82) is 0 Å². The Morgan fingerprint density at radius 1 is 1.30 bits per heavy atom. The normalized spacial score (nSPS) is 10.1. The quantitative estimate of drug-likeness (QED) is 0.761. The SMILES string of the molecule is CC.Cc1ccc(Nc2c(C(N)=O)oc3ccncc23)c(F)c1. The molecule has 0 atom stereocenters. The molecule has 0 aliphatic heterocycles. The Morgan fingerprint density at radius 3 is 2.70 bits per heavy atom. The Labute approximate surface area is 133 Å². The van der Waals surface area contributed by atoms with Gasteiger partial charge in [-0.25, -0.2) is 4.39 Å². The van der Waals surface area contributed by atoms with Gasteiger partial charge in [-0.3, -0.25) is 9.78 Å². The Hall–Kier alpha value is -2.89. The summed E-state index contributed by atoms with van der Waals surface area (Å²) in [5.74, 6) is -1.22. The lowest BCUT2D eigenvalue weighted by Crippen LogP contribution is -2.11. The first-order chi connectivity index (χ1) is 11.1. The predicted molar refractivity (Wildman–Crippen MR) is 88.3 cm³/mol. The van der Waals surface area contributed by atoms with Crippen LogP contribution in [0.3, 0.4) is 0 Å². The van der Waals surface area contributed by atoms with Crippen LogP contribution in [-0.4, -0.2) is 10.9 Å². The van der Waals surface area contributed by atoms with Crippen molar-refractivity contribution in [2.24, 2.45) is 5.73 Å². The van der Waals surface area contributed by atoms with E-state index < -0.39 is 11.7 Å². The van der Waals surface area contributed by atoms with Crippen molar-refractivity contribution in [3.63, 3.8) is 0 Å². The van der Waals surface area contributed by atoms with Crippen LogP contribution in [0.4, 0.5) is 15.8 Å². The molecular weight excluding hydrogens is 297 g/mol. The second-order valence-electron chi connectivity index (χ2n) is 4.65. The van der Waals surface area contributed by atoms with Crippen LogP contribution in [0.15, 0.2) is 41.1 Å². The fourth-order valence-electron chi connectivity index (χ4n) is 2.10. The zero-order valence-corrected chi connectivity index (χ0v) is 13.2. The van der Waals surface area contributed by atoms with Gasteiger partial charge in [-0.1, -0.05) is 19.9 Å². The highest BCUT2D eigenvalue weighted by molar-refractivity contribution is 6.06. The average Bonchev–Trinajstić information content (AvgIpc) is 2.91. The van der Waals surface area contributed by atoms with Crippen molar-refractivity contribution in [2.45, 2.75) is 20.8 Å². The van der Waals surface area contributed by atoms with E-state index in [0.717, 1.165) is 5.56 Å². The van der Waals surface area contributed by atoms with Gasteiger partial charge in [-0.2, -0.15) is 0 Å². The number of nitrogens with one attached hydrogen (secondary N) is 1. The van der Waals surface area contributed by atoms with Crippen molar-refractivity contribution in [1.82, 2.24) is 4.98 Å². The number of hydrogen-bond donors (Lipinski definition) is 2. The van der Waals surface area contributed by atoms with Crippen molar-refractivity contribution in [3.05, 3.63) is 53.8 Å². The molecule has 0 unspecified atom stereocenters. The molecule has 0 spiro atoms. The lowest BCUT2D eigenvalue weighted by molar-refractivity contribution is 0.0977. The van der Waals surface area contributed by atoms with E-state index in [4.69, 9.17) is 10.2 Å². The maximum absolute atomic E-state index is 14.0. The van der Waals surface area contributed by atoms with Crippen LogP contribution in [0, 0.1) is 12.7 Å². The molecule has 1 aromatic carbocycles. The molecule has 0 aliphatic carbocycles. The zero-order chi connectivity index (χ0) is 17.0. The first kappa shape index (κ1) is 16.5. The number of primary amides is 1. The third kappa shape index (κ3) is 3.31. The molecule has 3 rings (SSSR count). The maximum atomic E-state index is 14.0. The van der Waals surface area contributed by atoms with E-state index >= 15 is 0 Å². The van der Waals surface area contributed by atoms with Crippen molar-refractivity contribution >= 4 is 28.3 Å². The first-order valence-electron chi connectivity index (χ1n) is 7.26. The molecule has 3 N–H and O–H groups in total. The number of halogens is 1. The lowest BCUT2D eigenvalue weighted by atomic mass is 10.2. The lowest BCUT2D eigenvalue weighted by Gasteiger charge is -2.07. The molecule has 0 fully saturated rings. The molecule has 2 aromatic heterocycles. The van der Waals surface area contributed by atoms with Crippen LogP contribution in [0.5, 0.6) is 0 Å². The van der Waals surface area contributed by atoms with Gasteiger partial charge >= 0.3 is 0 Å². The van der Waals surface area contributed by atoms with Crippen LogP contribution in [0.1, 0.15) is 30.0 Å². The number of pyridine rings is 1. The van der Waals surface area contributed by atoms with Crippen molar-refractivity contribution in [3.8, 4) is 0 Å². The fraction of sp³-hybridized carbons (Fsp3) is 0.176. The largest absolute Gasteiger partial charge is 0.448 e. The Bertz CT molecular complexity index is 843. The number of anilines is 2. The number of nitrogens with two attached hydrogens (primary N) is 1. The smallest absolute Gasteiger partial charge is 0.286 e. The van der Waals surface area contributed by atoms with Crippen molar-refractivity contribution in [2.75, 3.05) is 5.32 Å². The maximum Gasteiger partial charge on any atom is 0.286 e. The van der Waals surface area contributed by atoms with Gasteiger partial charge < -0.3 is 15.5 Å². The number of carbonyl (C=O) groups excluding carboxylic acids is 1. The number of fused-ring (bicyclic) bond motifs is 1. The van der Waals surface area contributed by atoms with E-state index in [1.54, 1.807) is 25.1 Å². The zero-order valence-electron chi connectivity index (χ0n) is 13.2. The summed E-state index contributed by atoms with van der Waals surface area (Å²) in [5.41, 5.74) is 7.10. The van der Waals surface area contributed by atoms with Crippen LogP contribution < -0.4 is 11.1 Å². The molecule has 2 heterocycles. The topological polar surface area (TPSA) is 81.1 Å². The summed E-state index contributed by atoms with van der Waals surface area (Å²) in [6.07, 6.45) is 3.06. The number of aryl methyl sites for hydroxylation is 1. The average molecular weight is 315 g/mol. The van der Waals surface area contributed by atoms with E-state index in [2.05, 4.69) is 10.3 Å². The molecule has 3 aromatic rings. The van der Waals surface area contributed by atoms with E-state index in [1.807, 2.05) is 13.8 Å². The third-order valence-corrected chi connectivity index (χ3v) is 3.10. The summed E-state index contributed by atoms with van der Waals surface area (Å²) < 4.78 is 19.3. The number of amides is 1. The molecule has 0 radical (unpaired) electrons. The van der Waals surface area contributed by atoms with Gasteiger partial charge in [0.2, 0.25) is 5.76 Å². The minimum Gasteiger partial charge on any atom is -0.448 e. The van der Waals surface area contributed by atoms with Gasteiger partial charge in [0.25, 0.3) is 5.91 Å². The standard InChI is InChI=1S/C15H12FN3O2.C2H6/c1-8-2-3-11(10(16)6-8)19-13-9-7-18-5-4-12(9)21-14(13)15(17)20;1-2/h2-7,19H,1H3,(H2,17,20);1-2H3. The summed E-state index contributed by atoms with van der Waals surface area (Å²) in [4.78, 5) is 15.5. The number of furan rings is 1. The molecule has 0 aliphatic rings. The monoisotopic (exact) mass is 315 g/mol. The molecule has 5 nitrogen and oxygen atoms in total. The summed E-state index contributed by atoms with van der Waals surface area (Å²) >= 11 is 0. The molecule has 0 saturated carbocycles. The summed E-state index contributed by atoms with van der Waals surface area (Å²) in [6, 6.07) is 6.35. The fourth-order valence-corrected chi connectivity index (χ4v) is 2.10. The number of nitrogens with zero attached hydrogens (tertiary/aromatic N) is 1. The van der Waals surface area contributed by atoms with Crippen LogP contribution >= 0.6 is 0 Å². The van der Waals surface area contributed by atoms with Gasteiger partial charge in [-0.05, 0) is 30.7 Å². The van der Waals surface area contributed by atoms with Gasteiger partial charge in [0.1, 0.15) is 17.1 Å². The second kappa shape index (κ2) is 6.91. The van der Waals surface area contributed by atoms with E-state index in [9.17, 15) is 9.18 Å². The summed E-state index contributed by atoms with van der Waals surface area (Å²) in [5, 5.41) is 3.42. The van der Waals surface area contributed by atoms with Gasteiger partial charge in [0.05, 0.1) is 11.1 Å². The Kier molecular flexibility index (Phi) is 4.95. The number of aromatic nitrogens is 1. The molecule has 1 amide bonds. The molecule has 0 saturated heterocycles. The molecular formula is C17H18FN3O2. The first-order valence-corrected chi connectivity index (χ1v) is 7.26. The van der Waals surface area contributed by atoms with E-state index in [1.165, 1.54) is 18.5 Å². The number of carbonyl (C=O) groups is 1. The number of rotatable bonds is 3. The Balaban J connectivity index is 0.000000924. The molecule has 0 bridgehead atoms. The highest BCUT2D eigenvalue weighted by atomic mass is 19.1. The van der Waals surface area contributed by atoms with E-state index in [-0.39, 0.29) is 11.4 Å².